The monoisotopic (exact) mass is 328 g/mol. The zero-order chi connectivity index (χ0) is 16.4. The van der Waals surface area contributed by atoms with E-state index in [0.29, 0.717) is 27.9 Å². The fourth-order valence-corrected chi connectivity index (χ4v) is 2.29. The van der Waals surface area contributed by atoms with E-state index >= 15 is 0 Å². The van der Waals surface area contributed by atoms with E-state index in [9.17, 15) is 4.79 Å². The first-order valence-corrected chi connectivity index (χ1v) is 7.27. The quantitative estimate of drug-likeness (QED) is 0.723. The van der Waals surface area contributed by atoms with Gasteiger partial charge in [0.15, 0.2) is 5.82 Å². The molecule has 7 heteroatoms. The summed E-state index contributed by atoms with van der Waals surface area (Å²) in [5, 5.41) is 18.0. The largest absolute Gasteiger partial charge is 0.481 e. The van der Waals surface area contributed by atoms with E-state index in [1.165, 1.54) is 0 Å². The Kier molecular flexibility index (Phi) is 4.08. The molecule has 3 rings (SSSR count). The van der Waals surface area contributed by atoms with E-state index in [4.69, 9.17) is 16.7 Å². The summed E-state index contributed by atoms with van der Waals surface area (Å²) in [4.78, 5) is 15.4. The third-order valence-corrected chi connectivity index (χ3v) is 3.47. The molecule has 0 fully saturated rings. The van der Waals surface area contributed by atoms with Crippen LogP contribution >= 0.6 is 11.6 Å². The van der Waals surface area contributed by atoms with Crippen LogP contribution in [-0.2, 0) is 11.2 Å². The molecule has 3 aromatic rings. The number of carboxylic acid groups (broad SMARTS) is 1. The molecular weight excluding hydrogens is 316 g/mol. The Morgan fingerprint density at radius 1 is 1.22 bits per heavy atom. The molecule has 0 bridgehead atoms. The normalized spacial score (nSPS) is 11.4. The molecule has 0 saturated heterocycles. The summed E-state index contributed by atoms with van der Waals surface area (Å²) < 4.78 is 1.74. The van der Waals surface area contributed by atoms with Crippen LogP contribution in [-0.4, -0.2) is 20.5 Å². The summed E-state index contributed by atoms with van der Waals surface area (Å²) in [6.07, 6.45) is 1.64. The number of hydrogen-bond donors (Lipinski definition) is 1. The van der Waals surface area contributed by atoms with Gasteiger partial charge in [-0.15, -0.1) is 10.2 Å². The minimum Gasteiger partial charge on any atom is -0.481 e. The predicted molar refractivity (Wildman–Crippen MR) is 86.9 cm³/mol. The van der Waals surface area contributed by atoms with Crippen LogP contribution in [0.1, 0.15) is 11.3 Å². The highest BCUT2D eigenvalue weighted by Crippen LogP contribution is 2.25. The van der Waals surface area contributed by atoms with Gasteiger partial charge in [0.05, 0.1) is 17.8 Å². The lowest BCUT2D eigenvalue weighted by Crippen LogP contribution is -2.00. The maximum atomic E-state index is 11.0. The minimum absolute atomic E-state index is 0.213. The zero-order valence-electron chi connectivity index (χ0n) is 12.3. The highest BCUT2D eigenvalue weighted by Gasteiger charge is 2.15. The van der Waals surface area contributed by atoms with Crippen molar-refractivity contribution in [1.29, 1.82) is 0 Å². The Balaban J connectivity index is 2.07. The molecule has 2 aromatic heterocycles. The first kappa shape index (κ1) is 15.2. The summed E-state index contributed by atoms with van der Waals surface area (Å²) in [6.45, 7) is 1.94. The number of nitrogens with zero attached hydrogens (tertiary/aromatic N) is 4. The number of halogens is 1. The second-order valence-corrected chi connectivity index (χ2v) is 5.50. The standard InChI is InChI=1S/C16H13ClN4O2/c1-10-2-7-14-18-13(8-15(22)23)16(21(14)9-10)20-19-12-5-3-11(17)4-6-12/h2-7,9H,8H2,1H3,(H,22,23). The Morgan fingerprint density at radius 2 is 1.96 bits per heavy atom. The van der Waals surface area contributed by atoms with Crippen molar-refractivity contribution in [3.05, 3.63) is 58.9 Å². The van der Waals surface area contributed by atoms with Crippen LogP contribution in [0.15, 0.2) is 52.8 Å². The topological polar surface area (TPSA) is 79.3 Å². The molecule has 0 atom stereocenters. The Labute approximate surface area is 137 Å². The van der Waals surface area contributed by atoms with Gasteiger partial charge in [0.1, 0.15) is 5.65 Å². The van der Waals surface area contributed by atoms with Crippen molar-refractivity contribution in [2.75, 3.05) is 0 Å². The lowest BCUT2D eigenvalue weighted by atomic mass is 10.3. The van der Waals surface area contributed by atoms with Gasteiger partial charge in [0.2, 0.25) is 0 Å². The molecule has 0 spiro atoms. The van der Waals surface area contributed by atoms with E-state index in [1.807, 2.05) is 25.3 Å². The number of benzene rings is 1. The molecule has 23 heavy (non-hydrogen) atoms. The number of azo groups is 1. The number of aryl methyl sites for hydroxylation is 1. The molecule has 0 radical (unpaired) electrons. The highest BCUT2D eigenvalue weighted by molar-refractivity contribution is 6.30. The van der Waals surface area contributed by atoms with Crippen LogP contribution in [0.4, 0.5) is 11.5 Å². The molecule has 2 heterocycles. The predicted octanol–water partition coefficient (Wildman–Crippen LogP) is 4.34. The fraction of sp³-hybridized carbons (Fsp3) is 0.125. The van der Waals surface area contributed by atoms with E-state index in [1.54, 1.807) is 28.7 Å². The Bertz CT molecular complexity index is 900. The molecule has 0 saturated carbocycles. The van der Waals surface area contributed by atoms with Gasteiger partial charge >= 0.3 is 5.97 Å². The van der Waals surface area contributed by atoms with Crippen LogP contribution in [0.3, 0.4) is 0 Å². The van der Waals surface area contributed by atoms with E-state index in [-0.39, 0.29) is 6.42 Å². The van der Waals surface area contributed by atoms with E-state index in [0.717, 1.165) is 5.56 Å². The van der Waals surface area contributed by atoms with Gasteiger partial charge in [-0.1, -0.05) is 17.7 Å². The number of hydrogen-bond acceptors (Lipinski definition) is 4. The van der Waals surface area contributed by atoms with Crippen LogP contribution in [0.25, 0.3) is 5.65 Å². The van der Waals surface area contributed by atoms with Crippen molar-refractivity contribution in [3.8, 4) is 0 Å². The number of imidazole rings is 1. The van der Waals surface area contributed by atoms with E-state index in [2.05, 4.69) is 15.2 Å². The maximum absolute atomic E-state index is 11.0. The lowest BCUT2D eigenvalue weighted by Gasteiger charge is -1.99. The summed E-state index contributed by atoms with van der Waals surface area (Å²) in [5.74, 6) is -0.547. The molecule has 0 aliphatic carbocycles. The molecule has 0 aliphatic rings. The van der Waals surface area contributed by atoms with Gasteiger partial charge < -0.3 is 5.11 Å². The summed E-state index contributed by atoms with van der Waals surface area (Å²) in [7, 11) is 0. The second kappa shape index (κ2) is 6.18. The summed E-state index contributed by atoms with van der Waals surface area (Å²) in [6, 6.07) is 10.6. The van der Waals surface area contributed by atoms with Crippen molar-refractivity contribution in [3.63, 3.8) is 0 Å². The molecule has 0 aliphatic heterocycles. The first-order chi connectivity index (χ1) is 11.0. The molecular formula is C16H13ClN4O2. The molecule has 116 valence electrons. The fourth-order valence-electron chi connectivity index (χ4n) is 2.17. The van der Waals surface area contributed by atoms with Crippen molar-refractivity contribution in [1.82, 2.24) is 9.38 Å². The number of pyridine rings is 1. The van der Waals surface area contributed by atoms with Crippen molar-refractivity contribution < 1.29 is 9.90 Å². The van der Waals surface area contributed by atoms with Crippen molar-refractivity contribution >= 4 is 34.7 Å². The zero-order valence-corrected chi connectivity index (χ0v) is 13.0. The van der Waals surface area contributed by atoms with Gasteiger partial charge in [-0.3, -0.25) is 9.20 Å². The lowest BCUT2D eigenvalue weighted by molar-refractivity contribution is -0.136. The summed E-state index contributed by atoms with van der Waals surface area (Å²) >= 11 is 5.84. The van der Waals surface area contributed by atoms with Crippen LogP contribution in [0.5, 0.6) is 0 Å². The molecule has 1 N–H and O–H groups in total. The molecule has 0 unspecified atom stereocenters. The average Bonchev–Trinajstić information content (AvgIpc) is 2.82. The Morgan fingerprint density at radius 3 is 2.65 bits per heavy atom. The third kappa shape index (κ3) is 3.37. The number of fused-ring (bicyclic) bond motifs is 1. The first-order valence-electron chi connectivity index (χ1n) is 6.89. The van der Waals surface area contributed by atoms with Crippen LogP contribution in [0.2, 0.25) is 5.02 Å². The van der Waals surface area contributed by atoms with Gasteiger partial charge in [0, 0.05) is 11.2 Å². The number of carbonyl (C=O) groups is 1. The number of rotatable bonds is 4. The molecule has 1 aromatic carbocycles. The highest BCUT2D eigenvalue weighted by atomic mass is 35.5. The average molecular weight is 329 g/mol. The van der Waals surface area contributed by atoms with Crippen molar-refractivity contribution in [2.24, 2.45) is 10.2 Å². The van der Waals surface area contributed by atoms with Gasteiger partial charge in [-0.05, 0) is 42.8 Å². The number of carboxylic acids is 1. The number of aliphatic carboxylic acids is 1. The van der Waals surface area contributed by atoms with Gasteiger partial charge in [-0.25, -0.2) is 4.98 Å². The summed E-state index contributed by atoms with van der Waals surface area (Å²) in [5.41, 5.74) is 2.65. The smallest absolute Gasteiger partial charge is 0.309 e. The minimum atomic E-state index is -0.965. The molecule has 6 nitrogen and oxygen atoms in total. The van der Waals surface area contributed by atoms with Crippen LogP contribution in [0, 0.1) is 6.92 Å². The molecule has 0 amide bonds. The van der Waals surface area contributed by atoms with Gasteiger partial charge in [-0.2, -0.15) is 0 Å². The van der Waals surface area contributed by atoms with Crippen LogP contribution < -0.4 is 0 Å². The van der Waals surface area contributed by atoms with Gasteiger partial charge in [0.25, 0.3) is 0 Å². The Hall–Kier alpha value is -2.73. The number of aromatic nitrogens is 2. The van der Waals surface area contributed by atoms with E-state index < -0.39 is 5.97 Å². The van der Waals surface area contributed by atoms with Crippen molar-refractivity contribution in [2.45, 2.75) is 13.3 Å². The maximum Gasteiger partial charge on any atom is 0.309 e. The third-order valence-electron chi connectivity index (χ3n) is 3.22. The second-order valence-electron chi connectivity index (χ2n) is 5.06. The SMILES string of the molecule is Cc1ccc2nc(CC(=O)O)c(N=Nc3ccc(Cl)cc3)n2c1.